The molecule has 0 spiro atoms. The Kier molecular flexibility index (Phi) is 4.71. The van der Waals surface area contributed by atoms with E-state index in [0.717, 1.165) is 19.0 Å². The van der Waals surface area contributed by atoms with Gasteiger partial charge in [-0.15, -0.1) is 0 Å². The second-order valence-electron chi connectivity index (χ2n) is 5.42. The molecule has 1 saturated heterocycles. The molecule has 19 heavy (non-hydrogen) atoms. The molecule has 0 saturated carbocycles. The Morgan fingerprint density at radius 1 is 1.26 bits per heavy atom. The van der Waals surface area contributed by atoms with Gasteiger partial charge >= 0.3 is 0 Å². The van der Waals surface area contributed by atoms with Gasteiger partial charge in [-0.2, -0.15) is 0 Å². The Labute approximate surface area is 114 Å². The number of nitrogens with one attached hydrogen (secondary N) is 1. The first kappa shape index (κ1) is 13.8. The van der Waals surface area contributed by atoms with Crippen LogP contribution in [0.5, 0.6) is 0 Å². The van der Waals surface area contributed by atoms with Crippen LogP contribution in [-0.2, 0) is 0 Å². The highest BCUT2D eigenvalue weighted by Gasteiger charge is 2.14. The molecule has 0 radical (unpaired) electrons. The van der Waals surface area contributed by atoms with E-state index in [2.05, 4.69) is 34.0 Å². The van der Waals surface area contributed by atoms with Crippen LogP contribution in [-0.4, -0.2) is 35.5 Å². The van der Waals surface area contributed by atoms with Crippen LogP contribution in [0.2, 0.25) is 0 Å². The number of carbonyl (C=O) groups is 1. The van der Waals surface area contributed by atoms with Crippen LogP contribution in [0.25, 0.3) is 0 Å². The zero-order valence-corrected chi connectivity index (χ0v) is 11.7. The second-order valence-corrected chi connectivity index (χ2v) is 5.42. The Morgan fingerprint density at radius 3 is 2.47 bits per heavy atom. The molecule has 1 amide bonds. The summed E-state index contributed by atoms with van der Waals surface area (Å²) in [4.78, 5) is 22.6. The molecule has 1 aliphatic heterocycles. The summed E-state index contributed by atoms with van der Waals surface area (Å²) in [5.41, 5.74) is 0.529. The van der Waals surface area contributed by atoms with Gasteiger partial charge in [0.15, 0.2) is 0 Å². The number of anilines is 1. The minimum Gasteiger partial charge on any atom is -0.352 e. The molecule has 104 valence electrons. The van der Waals surface area contributed by atoms with Crippen LogP contribution in [0.1, 0.15) is 43.5 Å². The van der Waals surface area contributed by atoms with Crippen LogP contribution in [0.4, 0.5) is 5.95 Å². The first-order valence-corrected chi connectivity index (χ1v) is 7.02. The van der Waals surface area contributed by atoms with E-state index in [-0.39, 0.29) is 5.91 Å². The lowest BCUT2D eigenvalue weighted by Gasteiger charge is -2.26. The Balaban J connectivity index is 1.95. The van der Waals surface area contributed by atoms with E-state index in [0.29, 0.717) is 18.0 Å². The highest BCUT2D eigenvalue weighted by molar-refractivity contribution is 5.93. The molecule has 0 aromatic carbocycles. The lowest BCUT2D eigenvalue weighted by molar-refractivity contribution is 0.0948. The summed E-state index contributed by atoms with van der Waals surface area (Å²) < 4.78 is 0. The number of nitrogens with zero attached hydrogens (tertiary/aromatic N) is 3. The van der Waals surface area contributed by atoms with Crippen molar-refractivity contribution in [1.82, 2.24) is 15.3 Å². The number of amides is 1. The monoisotopic (exact) mass is 262 g/mol. The molecule has 0 atom stereocenters. The summed E-state index contributed by atoms with van der Waals surface area (Å²) >= 11 is 0. The van der Waals surface area contributed by atoms with Crippen molar-refractivity contribution < 1.29 is 4.79 Å². The predicted molar refractivity (Wildman–Crippen MR) is 75.3 cm³/mol. The number of carbonyl (C=O) groups excluding carboxylic acids is 1. The molecule has 5 heteroatoms. The number of hydrogen-bond donors (Lipinski definition) is 1. The van der Waals surface area contributed by atoms with Crippen LogP contribution in [0.3, 0.4) is 0 Å². The van der Waals surface area contributed by atoms with Crippen LogP contribution < -0.4 is 10.2 Å². The SMILES string of the molecule is CC(C)CNC(=O)c1cnc(N2CCCCC2)nc1. The number of aromatic nitrogens is 2. The first-order chi connectivity index (χ1) is 9.16. The van der Waals surface area contributed by atoms with Gasteiger partial charge in [0, 0.05) is 32.0 Å². The van der Waals surface area contributed by atoms with Crippen LogP contribution in [0.15, 0.2) is 12.4 Å². The normalized spacial score (nSPS) is 15.6. The fraction of sp³-hybridized carbons (Fsp3) is 0.643. The van der Waals surface area contributed by atoms with Crippen LogP contribution in [0, 0.1) is 5.92 Å². The number of piperidine rings is 1. The second kappa shape index (κ2) is 6.50. The topological polar surface area (TPSA) is 58.1 Å². The molecule has 0 aliphatic carbocycles. The summed E-state index contributed by atoms with van der Waals surface area (Å²) in [6.07, 6.45) is 6.91. The van der Waals surface area contributed by atoms with E-state index in [4.69, 9.17) is 0 Å². The minimum atomic E-state index is -0.0982. The van der Waals surface area contributed by atoms with Gasteiger partial charge in [-0.3, -0.25) is 4.79 Å². The number of hydrogen-bond acceptors (Lipinski definition) is 4. The fourth-order valence-electron chi connectivity index (χ4n) is 2.09. The zero-order chi connectivity index (χ0) is 13.7. The van der Waals surface area contributed by atoms with Gasteiger partial charge in [0.1, 0.15) is 0 Å². The molecule has 0 unspecified atom stereocenters. The predicted octanol–water partition coefficient (Wildman–Crippen LogP) is 1.85. The van der Waals surface area contributed by atoms with Gasteiger partial charge in [-0.05, 0) is 25.2 Å². The minimum absolute atomic E-state index is 0.0982. The Bertz CT molecular complexity index is 410. The van der Waals surface area contributed by atoms with Crippen molar-refractivity contribution in [3.63, 3.8) is 0 Å². The van der Waals surface area contributed by atoms with Gasteiger partial charge in [-0.25, -0.2) is 9.97 Å². The van der Waals surface area contributed by atoms with E-state index >= 15 is 0 Å². The first-order valence-electron chi connectivity index (χ1n) is 7.02. The molecule has 5 nitrogen and oxygen atoms in total. The van der Waals surface area contributed by atoms with Crippen molar-refractivity contribution in [2.75, 3.05) is 24.5 Å². The van der Waals surface area contributed by atoms with E-state index < -0.39 is 0 Å². The van der Waals surface area contributed by atoms with E-state index in [9.17, 15) is 4.79 Å². The summed E-state index contributed by atoms with van der Waals surface area (Å²) in [5.74, 6) is 1.08. The third kappa shape index (κ3) is 3.91. The fourth-order valence-corrected chi connectivity index (χ4v) is 2.09. The molecule has 2 heterocycles. The number of rotatable bonds is 4. The lowest BCUT2D eigenvalue weighted by Crippen LogP contribution is -2.31. The van der Waals surface area contributed by atoms with E-state index in [1.165, 1.54) is 19.3 Å². The van der Waals surface area contributed by atoms with Crippen molar-refractivity contribution in [1.29, 1.82) is 0 Å². The van der Waals surface area contributed by atoms with Gasteiger partial charge in [0.05, 0.1) is 5.56 Å². The molecule has 0 bridgehead atoms. The quantitative estimate of drug-likeness (QED) is 0.899. The highest BCUT2D eigenvalue weighted by Crippen LogP contribution is 2.14. The van der Waals surface area contributed by atoms with Crippen molar-refractivity contribution >= 4 is 11.9 Å². The van der Waals surface area contributed by atoms with E-state index in [1.54, 1.807) is 12.4 Å². The molecule has 1 aromatic rings. The summed E-state index contributed by atoms with van der Waals surface area (Å²) in [5, 5.41) is 2.86. The van der Waals surface area contributed by atoms with Gasteiger partial charge in [-0.1, -0.05) is 13.8 Å². The third-order valence-corrected chi connectivity index (χ3v) is 3.21. The Hall–Kier alpha value is -1.65. The molecule has 2 rings (SSSR count). The average Bonchev–Trinajstić information content (AvgIpc) is 2.46. The summed E-state index contributed by atoms with van der Waals surface area (Å²) in [6, 6.07) is 0. The van der Waals surface area contributed by atoms with Gasteiger partial charge in [0.25, 0.3) is 5.91 Å². The molecular formula is C14H22N4O. The maximum atomic E-state index is 11.8. The van der Waals surface area contributed by atoms with E-state index in [1.807, 2.05) is 0 Å². The zero-order valence-electron chi connectivity index (χ0n) is 11.7. The molecule has 1 aliphatic rings. The molecule has 1 N–H and O–H groups in total. The average molecular weight is 262 g/mol. The summed E-state index contributed by atoms with van der Waals surface area (Å²) in [7, 11) is 0. The van der Waals surface area contributed by atoms with Gasteiger partial charge < -0.3 is 10.2 Å². The molecule has 1 fully saturated rings. The van der Waals surface area contributed by atoms with Crippen molar-refractivity contribution in [3.8, 4) is 0 Å². The maximum absolute atomic E-state index is 11.8. The standard InChI is InChI=1S/C14H22N4O/c1-11(2)8-15-13(19)12-9-16-14(17-10-12)18-6-4-3-5-7-18/h9-11H,3-8H2,1-2H3,(H,15,19). The Morgan fingerprint density at radius 2 is 1.89 bits per heavy atom. The van der Waals surface area contributed by atoms with Crippen molar-refractivity contribution in [2.45, 2.75) is 33.1 Å². The molecular weight excluding hydrogens is 240 g/mol. The van der Waals surface area contributed by atoms with Crippen LogP contribution >= 0.6 is 0 Å². The highest BCUT2D eigenvalue weighted by atomic mass is 16.1. The van der Waals surface area contributed by atoms with Gasteiger partial charge in [0.2, 0.25) is 5.95 Å². The largest absolute Gasteiger partial charge is 0.352 e. The van der Waals surface area contributed by atoms with Crippen molar-refractivity contribution in [3.05, 3.63) is 18.0 Å². The summed E-state index contributed by atoms with van der Waals surface area (Å²) in [6.45, 7) is 6.83. The smallest absolute Gasteiger partial charge is 0.254 e. The lowest BCUT2D eigenvalue weighted by atomic mass is 10.1. The van der Waals surface area contributed by atoms with Crippen molar-refractivity contribution in [2.24, 2.45) is 5.92 Å². The maximum Gasteiger partial charge on any atom is 0.254 e. The third-order valence-electron chi connectivity index (χ3n) is 3.21. The molecule has 1 aromatic heterocycles.